The minimum atomic E-state index is -0.233. The van der Waals surface area contributed by atoms with E-state index in [9.17, 15) is 10.1 Å². The van der Waals surface area contributed by atoms with E-state index < -0.39 is 0 Å². The largest absolute Gasteiger partial charge is 0.365 e. The first-order valence-electron chi connectivity index (χ1n) is 7.27. The number of halogens is 1. The molecule has 0 bridgehead atoms. The zero-order valence-corrected chi connectivity index (χ0v) is 13.7. The summed E-state index contributed by atoms with van der Waals surface area (Å²) in [6.45, 7) is 5.83. The van der Waals surface area contributed by atoms with Crippen molar-refractivity contribution in [3.05, 3.63) is 31.8 Å². The molecule has 0 N–H and O–H groups in total. The van der Waals surface area contributed by atoms with Crippen LogP contribution in [-0.4, -0.2) is 18.0 Å². The fraction of sp³-hybridized carbons (Fsp3) is 0.600. The van der Waals surface area contributed by atoms with Gasteiger partial charge in [-0.3, -0.25) is 10.1 Å². The lowest BCUT2D eigenvalue weighted by Crippen LogP contribution is -2.22. The molecule has 0 aliphatic carbocycles. The molecule has 0 saturated carbocycles. The fourth-order valence-corrected chi connectivity index (χ4v) is 3.32. The van der Waals surface area contributed by atoms with E-state index in [1.165, 1.54) is 19.3 Å². The highest BCUT2D eigenvalue weighted by Crippen LogP contribution is 2.42. The second kappa shape index (κ2) is 6.57. The maximum absolute atomic E-state index is 11.4. The van der Waals surface area contributed by atoms with Crippen LogP contribution >= 0.6 is 15.9 Å². The van der Waals surface area contributed by atoms with E-state index in [0.29, 0.717) is 0 Å². The van der Waals surface area contributed by atoms with Crippen LogP contribution in [0.4, 0.5) is 11.4 Å². The Balaban J connectivity index is 2.25. The molecule has 5 heteroatoms. The third kappa shape index (κ3) is 2.97. The summed E-state index contributed by atoms with van der Waals surface area (Å²) in [6.07, 6.45) is 5.67. The molecule has 0 aromatic heterocycles. The molecule has 0 unspecified atom stereocenters. The first-order chi connectivity index (χ1) is 9.56. The van der Waals surface area contributed by atoms with Gasteiger partial charge < -0.3 is 4.90 Å². The molecule has 1 aromatic carbocycles. The van der Waals surface area contributed by atoms with Crippen LogP contribution in [-0.2, 0) is 6.42 Å². The molecule has 0 radical (unpaired) electrons. The van der Waals surface area contributed by atoms with Crippen molar-refractivity contribution in [3.8, 4) is 0 Å². The van der Waals surface area contributed by atoms with Crippen LogP contribution in [0, 0.1) is 17.0 Å². The topological polar surface area (TPSA) is 46.4 Å². The normalized spacial score (nSPS) is 13.7. The Morgan fingerprint density at radius 2 is 2.15 bits per heavy atom. The molecule has 1 aromatic rings. The Morgan fingerprint density at radius 1 is 1.40 bits per heavy atom. The Hall–Kier alpha value is -1.10. The highest BCUT2D eigenvalue weighted by atomic mass is 79.9. The second-order valence-corrected chi connectivity index (χ2v) is 6.25. The minimum Gasteiger partial charge on any atom is -0.365 e. The van der Waals surface area contributed by atoms with Crippen LogP contribution in [0.2, 0.25) is 0 Å². The van der Waals surface area contributed by atoms with Crippen LogP contribution in [0.1, 0.15) is 43.7 Å². The van der Waals surface area contributed by atoms with Crippen molar-refractivity contribution >= 4 is 27.3 Å². The lowest BCUT2D eigenvalue weighted by atomic mass is 10.1. The average molecular weight is 341 g/mol. The molecule has 0 atom stereocenters. The highest BCUT2D eigenvalue weighted by molar-refractivity contribution is 9.10. The van der Waals surface area contributed by atoms with E-state index in [0.717, 1.165) is 47.2 Å². The Morgan fingerprint density at radius 3 is 2.80 bits per heavy atom. The molecule has 0 spiro atoms. The predicted octanol–water partition coefficient (Wildman–Crippen LogP) is 4.61. The molecular weight excluding hydrogens is 320 g/mol. The SMILES string of the molecule is CCCCCCN1CCc2cc(Br)c(C)c([N+](=O)[O-])c21. The van der Waals surface area contributed by atoms with Gasteiger partial charge in [-0.15, -0.1) is 0 Å². The zero-order valence-electron chi connectivity index (χ0n) is 12.1. The van der Waals surface area contributed by atoms with E-state index in [-0.39, 0.29) is 10.6 Å². The Bertz CT molecular complexity index is 517. The van der Waals surface area contributed by atoms with Crippen molar-refractivity contribution in [1.29, 1.82) is 0 Å². The number of benzene rings is 1. The maximum Gasteiger partial charge on any atom is 0.296 e. The molecule has 0 amide bonds. The van der Waals surface area contributed by atoms with Crippen molar-refractivity contribution in [2.24, 2.45) is 0 Å². The third-order valence-corrected chi connectivity index (χ3v) is 4.80. The summed E-state index contributed by atoms with van der Waals surface area (Å²) in [5, 5.41) is 11.4. The van der Waals surface area contributed by atoms with Crippen LogP contribution in [0.25, 0.3) is 0 Å². The molecule has 0 saturated heterocycles. The van der Waals surface area contributed by atoms with Gasteiger partial charge >= 0.3 is 0 Å². The molecule has 1 aliphatic heterocycles. The minimum absolute atomic E-state index is 0.233. The van der Waals surface area contributed by atoms with E-state index >= 15 is 0 Å². The summed E-state index contributed by atoms with van der Waals surface area (Å²) in [4.78, 5) is 13.4. The second-order valence-electron chi connectivity index (χ2n) is 5.39. The van der Waals surface area contributed by atoms with E-state index in [4.69, 9.17) is 0 Å². The number of anilines is 1. The van der Waals surface area contributed by atoms with Crippen LogP contribution in [0.15, 0.2) is 10.5 Å². The maximum atomic E-state index is 11.4. The number of hydrogen-bond donors (Lipinski definition) is 0. The summed E-state index contributed by atoms with van der Waals surface area (Å²) in [5.74, 6) is 0. The van der Waals surface area contributed by atoms with Gasteiger partial charge in [0.2, 0.25) is 0 Å². The van der Waals surface area contributed by atoms with Gasteiger partial charge in [-0.25, -0.2) is 0 Å². The molecule has 1 aliphatic rings. The van der Waals surface area contributed by atoms with E-state index in [2.05, 4.69) is 27.8 Å². The Labute approximate surface area is 128 Å². The summed E-state index contributed by atoms with van der Waals surface area (Å²) in [5.41, 5.74) is 2.97. The van der Waals surface area contributed by atoms with Crippen molar-refractivity contribution in [3.63, 3.8) is 0 Å². The average Bonchev–Trinajstić information content (AvgIpc) is 2.78. The number of rotatable bonds is 6. The van der Waals surface area contributed by atoms with Crippen LogP contribution < -0.4 is 4.90 Å². The number of fused-ring (bicyclic) bond motifs is 1. The van der Waals surface area contributed by atoms with Gasteiger partial charge in [-0.05, 0) is 31.4 Å². The summed E-state index contributed by atoms with van der Waals surface area (Å²) < 4.78 is 0.843. The third-order valence-electron chi connectivity index (χ3n) is 3.97. The van der Waals surface area contributed by atoms with Gasteiger partial charge in [0.05, 0.1) is 4.92 Å². The zero-order chi connectivity index (χ0) is 14.7. The van der Waals surface area contributed by atoms with Crippen molar-refractivity contribution < 1.29 is 4.92 Å². The lowest BCUT2D eigenvalue weighted by molar-refractivity contribution is -0.384. The summed E-state index contributed by atoms with van der Waals surface area (Å²) in [6, 6.07) is 2.05. The highest BCUT2D eigenvalue weighted by Gasteiger charge is 2.31. The number of hydrogen-bond acceptors (Lipinski definition) is 3. The number of nitro groups is 1. The fourth-order valence-electron chi connectivity index (χ4n) is 2.86. The standard InChI is InChI=1S/C15H21BrN2O2/c1-3-4-5-6-8-17-9-7-12-10-13(16)11(2)14(15(12)17)18(19)20/h10H,3-9H2,1-2H3. The van der Waals surface area contributed by atoms with E-state index in [1.54, 1.807) is 0 Å². The van der Waals surface area contributed by atoms with Gasteiger partial charge in [0, 0.05) is 23.1 Å². The molecule has 1 heterocycles. The molecule has 4 nitrogen and oxygen atoms in total. The van der Waals surface area contributed by atoms with Crippen molar-refractivity contribution in [2.75, 3.05) is 18.0 Å². The monoisotopic (exact) mass is 340 g/mol. The first-order valence-corrected chi connectivity index (χ1v) is 8.06. The predicted molar refractivity (Wildman–Crippen MR) is 85.6 cm³/mol. The molecule has 20 heavy (non-hydrogen) atoms. The number of unbranched alkanes of at least 4 members (excludes halogenated alkanes) is 3. The molecule has 0 fully saturated rings. The van der Waals surface area contributed by atoms with Crippen molar-refractivity contribution in [1.82, 2.24) is 0 Å². The quantitative estimate of drug-likeness (QED) is 0.431. The van der Waals surface area contributed by atoms with E-state index in [1.807, 2.05) is 13.0 Å². The number of nitrogens with zero attached hydrogens (tertiary/aromatic N) is 2. The van der Waals surface area contributed by atoms with Gasteiger partial charge in [-0.1, -0.05) is 42.1 Å². The summed E-state index contributed by atoms with van der Waals surface area (Å²) in [7, 11) is 0. The molecular formula is C15H21BrN2O2. The first kappa shape index (κ1) is 15.3. The number of nitro benzene ring substituents is 1. The smallest absolute Gasteiger partial charge is 0.296 e. The molecule has 2 rings (SSSR count). The lowest BCUT2D eigenvalue weighted by Gasteiger charge is -2.20. The van der Waals surface area contributed by atoms with Gasteiger partial charge in [0.15, 0.2) is 0 Å². The van der Waals surface area contributed by atoms with Crippen LogP contribution in [0.5, 0.6) is 0 Å². The van der Waals surface area contributed by atoms with Crippen LogP contribution in [0.3, 0.4) is 0 Å². The summed E-state index contributed by atoms with van der Waals surface area (Å²) >= 11 is 3.44. The van der Waals surface area contributed by atoms with Gasteiger partial charge in [0.1, 0.15) is 5.69 Å². The van der Waals surface area contributed by atoms with Gasteiger partial charge in [0.25, 0.3) is 5.69 Å². The van der Waals surface area contributed by atoms with Crippen molar-refractivity contribution in [2.45, 2.75) is 46.0 Å². The molecule has 110 valence electrons. The Kier molecular flexibility index (Phi) is 5.02. The van der Waals surface area contributed by atoms with Gasteiger partial charge in [-0.2, -0.15) is 0 Å².